The highest BCUT2D eigenvalue weighted by molar-refractivity contribution is 7.99. The summed E-state index contributed by atoms with van der Waals surface area (Å²) in [6.07, 6.45) is -1.72. The molecular formula is C14H11F3N6OS. The lowest BCUT2D eigenvalue weighted by atomic mass is 10.2. The standard InChI is InChI=1S/C14H11F3N6OS/c1-23-10(7-24)21-22-13(23)25-11-6-9(14(15,16)17)19-12(20-11)8-2-4-18-5-3-8/h2-6,24H,7H2,1H3. The third kappa shape index (κ3) is 3.77. The average Bonchev–Trinajstić information content (AvgIpc) is 2.94. The fourth-order valence-corrected chi connectivity index (χ4v) is 2.73. The molecule has 25 heavy (non-hydrogen) atoms. The summed E-state index contributed by atoms with van der Waals surface area (Å²) in [6.45, 7) is -0.329. The van der Waals surface area contributed by atoms with E-state index < -0.39 is 11.9 Å². The third-order valence-electron chi connectivity index (χ3n) is 3.19. The van der Waals surface area contributed by atoms with Gasteiger partial charge in [0.1, 0.15) is 17.3 Å². The van der Waals surface area contributed by atoms with Gasteiger partial charge in [0.2, 0.25) is 0 Å². The Hall–Kier alpha value is -2.53. The van der Waals surface area contributed by atoms with Gasteiger partial charge in [-0.1, -0.05) is 0 Å². The van der Waals surface area contributed by atoms with Crippen LogP contribution >= 0.6 is 11.8 Å². The molecule has 0 aromatic carbocycles. The van der Waals surface area contributed by atoms with Crippen molar-refractivity contribution in [2.45, 2.75) is 23.0 Å². The first-order valence-corrected chi connectivity index (χ1v) is 7.74. The number of aliphatic hydroxyl groups excluding tert-OH is 1. The fourth-order valence-electron chi connectivity index (χ4n) is 1.92. The Bertz CT molecular complexity index is 884. The maximum absolute atomic E-state index is 13.2. The average molecular weight is 368 g/mol. The van der Waals surface area contributed by atoms with Crippen molar-refractivity contribution in [3.8, 4) is 11.4 Å². The molecule has 0 unspecified atom stereocenters. The minimum atomic E-state index is -4.61. The Morgan fingerprint density at radius 1 is 1.16 bits per heavy atom. The summed E-state index contributed by atoms with van der Waals surface area (Å²) >= 11 is 0.901. The molecule has 1 N–H and O–H groups in total. The van der Waals surface area contributed by atoms with Crippen LogP contribution in [0.5, 0.6) is 0 Å². The molecule has 0 bridgehead atoms. The molecule has 0 radical (unpaired) electrons. The largest absolute Gasteiger partial charge is 0.433 e. The molecule has 7 nitrogen and oxygen atoms in total. The number of alkyl halides is 3. The van der Waals surface area contributed by atoms with Crippen LogP contribution in [0.4, 0.5) is 13.2 Å². The molecule has 0 aliphatic heterocycles. The first kappa shape index (κ1) is 17.3. The molecule has 0 saturated heterocycles. The van der Waals surface area contributed by atoms with Gasteiger partial charge in [0, 0.05) is 31.1 Å². The van der Waals surface area contributed by atoms with Crippen LogP contribution in [-0.2, 0) is 19.8 Å². The van der Waals surface area contributed by atoms with E-state index in [0.717, 1.165) is 17.8 Å². The van der Waals surface area contributed by atoms with Gasteiger partial charge in [-0.3, -0.25) is 4.98 Å². The zero-order valence-electron chi connectivity index (χ0n) is 12.8. The topological polar surface area (TPSA) is 89.6 Å². The predicted molar refractivity (Wildman–Crippen MR) is 81.3 cm³/mol. The van der Waals surface area contributed by atoms with E-state index in [1.54, 1.807) is 7.05 Å². The maximum atomic E-state index is 13.2. The Labute approximate surface area is 144 Å². The number of aromatic nitrogens is 6. The van der Waals surface area contributed by atoms with Crippen molar-refractivity contribution in [1.82, 2.24) is 29.7 Å². The fraction of sp³-hybridized carbons (Fsp3) is 0.214. The van der Waals surface area contributed by atoms with E-state index in [2.05, 4.69) is 25.1 Å². The van der Waals surface area contributed by atoms with Gasteiger partial charge in [-0.25, -0.2) is 9.97 Å². The number of pyridine rings is 1. The summed E-state index contributed by atoms with van der Waals surface area (Å²) in [5.41, 5.74) is -0.640. The normalized spacial score (nSPS) is 11.7. The lowest BCUT2D eigenvalue weighted by Gasteiger charge is -2.10. The number of nitrogens with zero attached hydrogens (tertiary/aromatic N) is 6. The van der Waals surface area contributed by atoms with Crippen LogP contribution < -0.4 is 0 Å². The molecule has 11 heteroatoms. The Balaban J connectivity index is 2.05. The van der Waals surface area contributed by atoms with E-state index in [9.17, 15) is 13.2 Å². The van der Waals surface area contributed by atoms with Gasteiger partial charge in [-0.2, -0.15) is 13.2 Å². The summed E-state index contributed by atoms with van der Waals surface area (Å²) < 4.78 is 41.0. The molecule has 3 rings (SSSR count). The van der Waals surface area contributed by atoms with Gasteiger partial charge in [0.05, 0.1) is 0 Å². The SMILES string of the molecule is Cn1c(CO)nnc1Sc1cc(C(F)(F)F)nc(-c2ccncc2)n1. The van der Waals surface area contributed by atoms with E-state index in [0.29, 0.717) is 16.5 Å². The van der Waals surface area contributed by atoms with Crippen molar-refractivity contribution >= 4 is 11.8 Å². The zero-order chi connectivity index (χ0) is 18.0. The van der Waals surface area contributed by atoms with Crippen molar-refractivity contribution in [1.29, 1.82) is 0 Å². The van der Waals surface area contributed by atoms with Crippen LogP contribution in [0.25, 0.3) is 11.4 Å². The van der Waals surface area contributed by atoms with Gasteiger partial charge < -0.3 is 9.67 Å². The molecule has 0 atom stereocenters. The minimum absolute atomic E-state index is 0.0640. The van der Waals surface area contributed by atoms with Crippen molar-refractivity contribution < 1.29 is 18.3 Å². The van der Waals surface area contributed by atoms with Crippen LogP contribution in [0.3, 0.4) is 0 Å². The van der Waals surface area contributed by atoms with Crippen molar-refractivity contribution in [2.24, 2.45) is 7.05 Å². The molecule has 0 spiro atoms. The van der Waals surface area contributed by atoms with Gasteiger partial charge in [-0.15, -0.1) is 10.2 Å². The van der Waals surface area contributed by atoms with E-state index in [4.69, 9.17) is 5.11 Å². The third-order valence-corrected chi connectivity index (χ3v) is 4.15. The van der Waals surface area contributed by atoms with Crippen LogP contribution in [-0.4, -0.2) is 34.8 Å². The van der Waals surface area contributed by atoms with Gasteiger partial charge >= 0.3 is 6.18 Å². The highest BCUT2D eigenvalue weighted by Crippen LogP contribution is 2.33. The monoisotopic (exact) mass is 368 g/mol. The lowest BCUT2D eigenvalue weighted by Crippen LogP contribution is -2.10. The minimum Gasteiger partial charge on any atom is -0.388 e. The Morgan fingerprint density at radius 2 is 1.88 bits per heavy atom. The second kappa shape index (κ2) is 6.76. The van der Waals surface area contributed by atoms with Crippen LogP contribution in [0.15, 0.2) is 40.8 Å². The molecule has 0 aliphatic carbocycles. The second-order valence-electron chi connectivity index (χ2n) is 4.87. The molecule has 0 aliphatic rings. The number of aliphatic hydroxyl groups is 1. The van der Waals surface area contributed by atoms with Crippen LogP contribution in [0.1, 0.15) is 11.5 Å². The molecule has 0 amide bonds. The molecule has 0 fully saturated rings. The van der Waals surface area contributed by atoms with Crippen molar-refractivity contribution in [3.63, 3.8) is 0 Å². The first-order chi connectivity index (χ1) is 11.9. The number of hydrogen-bond donors (Lipinski definition) is 1. The molecular weight excluding hydrogens is 357 g/mol. The maximum Gasteiger partial charge on any atom is 0.433 e. The summed E-state index contributed by atoms with van der Waals surface area (Å²) in [5.74, 6) is 0.228. The zero-order valence-corrected chi connectivity index (χ0v) is 13.6. The van der Waals surface area contributed by atoms with E-state index in [1.165, 1.54) is 29.1 Å². The highest BCUT2D eigenvalue weighted by atomic mass is 32.2. The summed E-state index contributed by atoms with van der Waals surface area (Å²) in [7, 11) is 1.60. The quantitative estimate of drug-likeness (QED) is 0.707. The van der Waals surface area contributed by atoms with Crippen molar-refractivity contribution in [2.75, 3.05) is 0 Å². The lowest BCUT2D eigenvalue weighted by molar-refractivity contribution is -0.141. The second-order valence-corrected chi connectivity index (χ2v) is 5.85. The number of hydrogen-bond acceptors (Lipinski definition) is 7. The van der Waals surface area contributed by atoms with E-state index in [-0.39, 0.29) is 17.5 Å². The highest BCUT2D eigenvalue weighted by Gasteiger charge is 2.34. The first-order valence-electron chi connectivity index (χ1n) is 6.92. The number of halogens is 3. The molecule has 130 valence electrons. The van der Waals surface area contributed by atoms with Gasteiger partial charge in [0.15, 0.2) is 16.8 Å². The van der Waals surface area contributed by atoms with Gasteiger partial charge in [0.25, 0.3) is 0 Å². The Kier molecular flexibility index (Phi) is 4.68. The summed E-state index contributed by atoms with van der Waals surface area (Å²) in [5, 5.41) is 17.1. The van der Waals surface area contributed by atoms with Crippen LogP contribution in [0.2, 0.25) is 0 Å². The molecule has 3 aromatic rings. The number of rotatable bonds is 4. The molecule has 3 aromatic heterocycles. The van der Waals surface area contributed by atoms with E-state index in [1.807, 2.05) is 0 Å². The summed E-state index contributed by atoms with van der Waals surface area (Å²) in [4.78, 5) is 11.6. The van der Waals surface area contributed by atoms with E-state index >= 15 is 0 Å². The van der Waals surface area contributed by atoms with Crippen molar-refractivity contribution in [3.05, 3.63) is 42.1 Å². The smallest absolute Gasteiger partial charge is 0.388 e. The van der Waals surface area contributed by atoms with Crippen LogP contribution in [0, 0.1) is 0 Å². The molecule has 3 heterocycles. The predicted octanol–water partition coefficient (Wildman–Crippen LogP) is 2.33. The summed E-state index contributed by atoms with van der Waals surface area (Å²) in [6, 6.07) is 3.90. The molecule has 0 saturated carbocycles. The van der Waals surface area contributed by atoms with Gasteiger partial charge in [-0.05, 0) is 23.9 Å². The Morgan fingerprint density at radius 3 is 2.48 bits per heavy atom.